The number of ether oxygens (including phenoxy) is 1. The molecule has 1 aromatic carbocycles. The van der Waals surface area contributed by atoms with Crippen LogP contribution in [0.3, 0.4) is 0 Å². The molecule has 0 unspecified atom stereocenters. The van der Waals surface area contributed by atoms with Crippen molar-refractivity contribution in [1.82, 2.24) is 35.1 Å². The van der Waals surface area contributed by atoms with Crippen molar-refractivity contribution < 1.29 is 14.3 Å². The van der Waals surface area contributed by atoms with Gasteiger partial charge in [-0.2, -0.15) is 0 Å². The Balaban J connectivity index is 1.27. The van der Waals surface area contributed by atoms with Gasteiger partial charge in [0.05, 0.1) is 30.1 Å². The van der Waals surface area contributed by atoms with Gasteiger partial charge in [-0.3, -0.25) is 9.59 Å². The number of nitrogens with zero attached hydrogens (tertiary/aromatic N) is 4. The first-order chi connectivity index (χ1) is 21.6. The zero-order valence-corrected chi connectivity index (χ0v) is 27.1. The molecule has 4 aromatic rings. The van der Waals surface area contributed by atoms with E-state index in [2.05, 4.69) is 37.2 Å². The second kappa shape index (κ2) is 11.5. The molecular formula is C35H45N7O3. The number of methoxy groups -OCH3 is 1. The summed E-state index contributed by atoms with van der Waals surface area (Å²) in [6.07, 6.45) is 6.20. The van der Waals surface area contributed by atoms with Gasteiger partial charge >= 0.3 is 0 Å². The van der Waals surface area contributed by atoms with E-state index in [1.54, 1.807) is 7.11 Å². The number of piperidine rings is 1. The molecule has 1 saturated carbocycles. The SMILES string of the molecule is COc1cc(C(=O)N[C@H]2CNC[C@H]3C[C@H]32)cc2nc(-c3cc4ccc5nc4n3CCCCCCC(C)(C)C(=O)N[C@@H]5C)n(C)c12. The van der Waals surface area contributed by atoms with E-state index in [0.717, 1.165) is 91.0 Å². The van der Waals surface area contributed by atoms with Crippen LogP contribution in [0.25, 0.3) is 33.6 Å². The van der Waals surface area contributed by atoms with Gasteiger partial charge in [0.1, 0.15) is 16.9 Å². The summed E-state index contributed by atoms with van der Waals surface area (Å²) in [6.45, 7) is 8.74. The molecular weight excluding hydrogens is 566 g/mol. The Morgan fingerprint density at radius 1 is 1.09 bits per heavy atom. The van der Waals surface area contributed by atoms with Gasteiger partial charge in [-0.05, 0) is 74.9 Å². The van der Waals surface area contributed by atoms with Crippen LogP contribution < -0.4 is 20.7 Å². The van der Waals surface area contributed by atoms with Crippen molar-refractivity contribution in [2.75, 3.05) is 20.2 Å². The second-order valence-electron chi connectivity index (χ2n) is 14.0. The van der Waals surface area contributed by atoms with Crippen molar-refractivity contribution in [2.24, 2.45) is 24.3 Å². The number of hydrogen-bond acceptors (Lipinski definition) is 6. The number of carbonyl (C=O) groups is 2. The number of carbonyl (C=O) groups excluding carboxylic acids is 2. The zero-order valence-electron chi connectivity index (χ0n) is 27.1. The standard InChI is InChI=1S/C35H45N7O3/c1-20-25-11-10-21-16-28(42(31(21)38-25)13-9-7-6-8-12-35(2,3)34(44)37-20)32-39-26-15-22(17-29(45-5)30(26)41(32)4)33(43)40-27-19-36-18-23-14-24(23)27/h10-11,15-17,20,23-24,27,36H,6-9,12-14,18-19H2,1-5H3,(H,37,44)(H,40,43)/t20-,23-,24-,27+/m1/s1. The Hall–Kier alpha value is -3.92. The number of fused-ring (bicyclic) bond motifs is 3. The summed E-state index contributed by atoms with van der Waals surface area (Å²) >= 11 is 0. The Kier molecular flexibility index (Phi) is 7.58. The van der Waals surface area contributed by atoms with Gasteiger partial charge in [0.25, 0.3) is 5.91 Å². The van der Waals surface area contributed by atoms with Crippen LogP contribution in [-0.2, 0) is 18.4 Å². The van der Waals surface area contributed by atoms with Crippen molar-refractivity contribution in [3.8, 4) is 17.3 Å². The Labute approximate surface area is 264 Å². The number of imidazole rings is 1. The molecule has 3 aromatic heterocycles. The molecule has 2 aliphatic heterocycles. The average molecular weight is 612 g/mol. The van der Waals surface area contributed by atoms with Crippen LogP contribution in [0.15, 0.2) is 30.3 Å². The van der Waals surface area contributed by atoms with Crippen molar-refractivity contribution in [3.05, 3.63) is 41.6 Å². The van der Waals surface area contributed by atoms with Gasteiger partial charge < -0.3 is 29.8 Å². The lowest BCUT2D eigenvalue weighted by atomic mass is 9.85. The maximum atomic E-state index is 13.4. The van der Waals surface area contributed by atoms with E-state index >= 15 is 0 Å². The van der Waals surface area contributed by atoms with Crippen molar-refractivity contribution in [3.63, 3.8) is 0 Å². The summed E-state index contributed by atoms with van der Waals surface area (Å²) in [7, 11) is 3.64. The van der Waals surface area contributed by atoms with Crippen LogP contribution in [0, 0.1) is 17.3 Å². The van der Waals surface area contributed by atoms with Crippen LogP contribution in [0.1, 0.15) is 81.4 Å². The van der Waals surface area contributed by atoms with Gasteiger partial charge in [0.2, 0.25) is 5.91 Å². The minimum atomic E-state index is -0.412. The first kappa shape index (κ1) is 29.8. The van der Waals surface area contributed by atoms with E-state index in [-0.39, 0.29) is 23.9 Å². The second-order valence-corrected chi connectivity index (χ2v) is 14.0. The predicted octanol–water partition coefficient (Wildman–Crippen LogP) is 5.10. The van der Waals surface area contributed by atoms with Gasteiger partial charge in [0, 0.05) is 42.5 Å². The third-order valence-corrected chi connectivity index (χ3v) is 10.3. The minimum absolute atomic E-state index is 0.0684. The summed E-state index contributed by atoms with van der Waals surface area (Å²) in [5.74, 6) is 2.65. The number of hydrogen-bond donors (Lipinski definition) is 3. The molecule has 0 spiro atoms. The van der Waals surface area contributed by atoms with Crippen LogP contribution in [0.4, 0.5) is 0 Å². The number of amides is 2. The highest BCUT2D eigenvalue weighted by Gasteiger charge is 2.45. The lowest BCUT2D eigenvalue weighted by molar-refractivity contribution is -0.130. The maximum Gasteiger partial charge on any atom is 0.251 e. The highest BCUT2D eigenvalue weighted by Crippen LogP contribution is 2.43. The van der Waals surface area contributed by atoms with Crippen molar-refractivity contribution >= 4 is 33.9 Å². The van der Waals surface area contributed by atoms with Crippen LogP contribution >= 0.6 is 0 Å². The third kappa shape index (κ3) is 5.47. The van der Waals surface area contributed by atoms with E-state index in [1.807, 2.05) is 46.0 Å². The first-order valence-electron chi connectivity index (χ1n) is 16.5. The van der Waals surface area contributed by atoms with Crippen LogP contribution in [0.2, 0.25) is 0 Å². The van der Waals surface area contributed by atoms with Crippen LogP contribution in [-0.4, -0.2) is 57.2 Å². The Bertz CT molecular complexity index is 1790. The normalized spacial score (nSPS) is 25.0. The quantitative estimate of drug-likeness (QED) is 0.296. The number of aromatic nitrogens is 4. The van der Waals surface area contributed by atoms with Crippen molar-refractivity contribution in [2.45, 2.75) is 77.9 Å². The summed E-state index contributed by atoms with van der Waals surface area (Å²) in [4.78, 5) is 36.8. The molecule has 238 valence electrons. The highest BCUT2D eigenvalue weighted by atomic mass is 16.5. The molecule has 10 heteroatoms. The molecule has 10 nitrogen and oxygen atoms in total. The number of nitrogens with one attached hydrogen (secondary N) is 3. The van der Waals surface area contributed by atoms with Gasteiger partial charge in [0.15, 0.2) is 5.82 Å². The van der Waals surface area contributed by atoms with E-state index in [1.165, 1.54) is 6.42 Å². The number of aryl methyl sites for hydroxylation is 2. The predicted molar refractivity (Wildman–Crippen MR) is 175 cm³/mol. The van der Waals surface area contributed by atoms with E-state index in [0.29, 0.717) is 23.1 Å². The summed E-state index contributed by atoms with van der Waals surface area (Å²) in [5, 5.41) is 10.9. The molecule has 1 aliphatic carbocycles. The summed E-state index contributed by atoms with van der Waals surface area (Å²) in [5.41, 5.74) is 4.40. The Morgan fingerprint density at radius 3 is 2.73 bits per heavy atom. The largest absolute Gasteiger partial charge is 0.494 e. The summed E-state index contributed by atoms with van der Waals surface area (Å²) < 4.78 is 10.2. The molecule has 7 rings (SSSR count). The smallest absolute Gasteiger partial charge is 0.251 e. The first-order valence-corrected chi connectivity index (χ1v) is 16.5. The molecule has 0 radical (unpaired) electrons. The molecule has 5 heterocycles. The average Bonchev–Trinajstić information content (AvgIpc) is 3.64. The monoisotopic (exact) mass is 611 g/mol. The fraction of sp³-hybridized carbons (Fsp3) is 0.543. The molecule has 4 atom stereocenters. The fourth-order valence-corrected chi connectivity index (χ4v) is 7.37. The molecule has 2 bridgehead atoms. The molecule has 2 amide bonds. The molecule has 2 fully saturated rings. The molecule has 3 N–H and O–H groups in total. The number of benzene rings is 1. The topological polar surface area (TPSA) is 115 Å². The van der Waals surface area contributed by atoms with E-state index in [9.17, 15) is 9.59 Å². The van der Waals surface area contributed by atoms with Crippen molar-refractivity contribution in [1.29, 1.82) is 0 Å². The fourth-order valence-electron chi connectivity index (χ4n) is 7.37. The highest BCUT2D eigenvalue weighted by molar-refractivity contribution is 6.00. The minimum Gasteiger partial charge on any atom is -0.494 e. The van der Waals surface area contributed by atoms with E-state index < -0.39 is 5.41 Å². The van der Waals surface area contributed by atoms with Gasteiger partial charge in [-0.1, -0.05) is 33.1 Å². The Morgan fingerprint density at radius 2 is 1.91 bits per heavy atom. The van der Waals surface area contributed by atoms with E-state index in [4.69, 9.17) is 14.7 Å². The molecule has 3 aliphatic rings. The number of pyridine rings is 1. The maximum absolute atomic E-state index is 13.4. The zero-order chi connectivity index (χ0) is 31.5. The number of rotatable bonds is 4. The summed E-state index contributed by atoms with van der Waals surface area (Å²) in [6, 6.07) is 9.90. The van der Waals surface area contributed by atoms with Gasteiger partial charge in [-0.15, -0.1) is 0 Å². The molecule has 45 heavy (non-hydrogen) atoms. The van der Waals surface area contributed by atoms with Crippen LogP contribution in [0.5, 0.6) is 5.75 Å². The lowest BCUT2D eigenvalue weighted by Crippen LogP contribution is -2.47. The molecule has 1 saturated heterocycles. The third-order valence-electron chi connectivity index (χ3n) is 10.3. The lowest BCUT2D eigenvalue weighted by Gasteiger charge is -2.26. The van der Waals surface area contributed by atoms with Gasteiger partial charge in [-0.25, -0.2) is 9.97 Å².